The van der Waals surface area contributed by atoms with E-state index in [9.17, 15) is 8.42 Å². The fourth-order valence-electron chi connectivity index (χ4n) is 1.40. The zero-order chi connectivity index (χ0) is 9.73. The van der Waals surface area contributed by atoms with Gasteiger partial charge in [-0.3, -0.25) is 4.55 Å². The van der Waals surface area contributed by atoms with E-state index < -0.39 is 10.3 Å². The summed E-state index contributed by atoms with van der Waals surface area (Å²) in [7, 11) is -4.01. The average molecular weight is 249 g/mol. The summed E-state index contributed by atoms with van der Waals surface area (Å²) in [5.74, 6) is 2.13. The molecule has 1 unspecified atom stereocenters. The van der Waals surface area contributed by atoms with Crippen LogP contribution in [0.3, 0.4) is 0 Å². The van der Waals surface area contributed by atoms with Crippen LogP contribution >= 0.6 is 11.8 Å². The molecule has 0 amide bonds. The first-order valence-corrected chi connectivity index (χ1v) is 7.00. The van der Waals surface area contributed by atoms with Gasteiger partial charge in [-0.1, -0.05) is 6.42 Å². The summed E-state index contributed by atoms with van der Waals surface area (Å²) in [5.41, 5.74) is 0. The molecule has 0 aromatic rings. The van der Waals surface area contributed by atoms with Crippen molar-refractivity contribution in [2.24, 2.45) is 0 Å². The van der Waals surface area contributed by atoms with Crippen LogP contribution in [0.4, 0.5) is 0 Å². The first kappa shape index (κ1) is 15.2. The van der Waals surface area contributed by atoms with Crippen molar-refractivity contribution in [1.82, 2.24) is 4.72 Å². The Labute approximate surface area is 112 Å². The number of hydrogen-bond donors (Lipinski definition) is 2. The van der Waals surface area contributed by atoms with Crippen molar-refractivity contribution in [3.8, 4) is 0 Å². The van der Waals surface area contributed by atoms with Crippen LogP contribution in [0.1, 0.15) is 25.7 Å². The topological polar surface area (TPSA) is 66.4 Å². The van der Waals surface area contributed by atoms with E-state index in [1.807, 2.05) is 11.8 Å². The molecule has 1 fully saturated rings. The van der Waals surface area contributed by atoms with E-state index in [1.54, 1.807) is 0 Å². The van der Waals surface area contributed by atoms with Gasteiger partial charge in [-0.25, -0.2) is 0 Å². The second-order valence-corrected chi connectivity index (χ2v) is 5.60. The van der Waals surface area contributed by atoms with Crippen LogP contribution in [-0.4, -0.2) is 60.1 Å². The summed E-state index contributed by atoms with van der Waals surface area (Å²) in [6.45, 7) is 0. The molecule has 1 heterocycles. The molecule has 1 atom stereocenters. The van der Waals surface area contributed by atoms with E-state index in [0.717, 1.165) is 31.4 Å². The fourth-order valence-corrected chi connectivity index (χ4v) is 3.12. The molecule has 2 N–H and O–H groups in total. The first-order valence-electron chi connectivity index (χ1n) is 4.40. The molecule has 0 aliphatic carbocycles. The van der Waals surface area contributed by atoms with Gasteiger partial charge >= 0.3 is 39.9 Å². The molecular weight excluding hydrogens is 233 g/mol. The van der Waals surface area contributed by atoms with E-state index >= 15 is 0 Å². The molecule has 0 radical (unpaired) electrons. The van der Waals surface area contributed by atoms with Gasteiger partial charge < -0.3 is 0 Å². The summed E-state index contributed by atoms with van der Waals surface area (Å²) in [6, 6.07) is -0.0807. The predicted octanol–water partition coefficient (Wildman–Crippen LogP) is 0.406. The third kappa shape index (κ3) is 7.50. The molecule has 1 aliphatic rings. The SMILES string of the molecule is O=S(=O)(O)NC1CCCCSCC1.[NaH]. The standard InChI is InChI=1S/C7H15NO3S2.Na.H/c9-13(10,11)8-7-3-1-2-5-12-6-4-7;;/h7-8H,1-6H2,(H,9,10,11);;. The molecule has 4 nitrogen and oxygen atoms in total. The predicted molar refractivity (Wildman–Crippen MR) is 61.4 cm³/mol. The minimum atomic E-state index is -4.01. The van der Waals surface area contributed by atoms with Crippen LogP contribution in [0.25, 0.3) is 0 Å². The van der Waals surface area contributed by atoms with E-state index in [1.165, 1.54) is 5.75 Å². The Morgan fingerprint density at radius 2 is 1.93 bits per heavy atom. The second kappa shape index (κ2) is 7.49. The first-order chi connectivity index (χ1) is 6.08. The van der Waals surface area contributed by atoms with Gasteiger partial charge in [0.2, 0.25) is 0 Å². The van der Waals surface area contributed by atoms with Crippen LogP contribution in [0.15, 0.2) is 0 Å². The maximum absolute atomic E-state index is 10.5. The van der Waals surface area contributed by atoms with Crippen LogP contribution in [0.5, 0.6) is 0 Å². The summed E-state index contributed by atoms with van der Waals surface area (Å²) < 4.78 is 31.9. The monoisotopic (exact) mass is 249 g/mol. The van der Waals surface area contributed by atoms with Crippen LogP contribution in [-0.2, 0) is 10.3 Å². The molecule has 0 saturated carbocycles. The third-order valence-corrected chi connectivity index (χ3v) is 3.75. The Morgan fingerprint density at radius 1 is 1.21 bits per heavy atom. The van der Waals surface area contributed by atoms with Crippen molar-refractivity contribution < 1.29 is 13.0 Å². The summed E-state index contributed by atoms with van der Waals surface area (Å²) in [6.07, 6.45) is 3.80. The number of nitrogens with one attached hydrogen (secondary N) is 1. The Morgan fingerprint density at radius 3 is 2.57 bits per heavy atom. The molecular formula is C7H16NNaO3S2. The molecule has 1 rings (SSSR count). The summed E-state index contributed by atoms with van der Waals surface area (Å²) >= 11 is 1.84. The molecule has 0 spiro atoms. The minimum absolute atomic E-state index is 0. The average Bonchev–Trinajstić information content (AvgIpc) is 1.92. The van der Waals surface area contributed by atoms with Gasteiger partial charge in [0, 0.05) is 6.04 Å². The van der Waals surface area contributed by atoms with Gasteiger partial charge in [-0.15, -0.1) is 0 Å². The molecule has 0 aromatic heterocycles. The maximum atomic E-state index is 10.5. The zero-order valence-corrected chi connectivity index (χ0v) is 9.03. The molecule has 0 bridgehead atoms. The van der Waals surface area contributed by atoms with E-state index in [4.69, 9.17) is 4.55 Å². The summed E-state index contributed by atoms with van der Waals surface area (Å²) in [5, 5.41) is 0. The van der Waals surface area contributed by atoms with Gasteiger partial charge in [0.15, 0.2) is 0 Å². The third-order valence-electron chi connectivity index (χ3n) is 2.02. The molecule has 1 aliphatic heterocycles. The Hall–Kier alpha value is 1.22. The van der Waals surface area contributed by atoms with E-state index in [-0.39, 0.29) is 35.6 Å². The number of hydrogen-bond acceptors (Lipinski definition) is 3. The van der Waals surface area contributed by atoms with Crippen LogP contribution < -0.4 is 4.72 Å². The van der Waals surface area contributed by atoms with E-state index in [2.05, 4.69) is 4.72 Å². The zero-order valence-electron chi connectivity index (χ0n) is 7.40. The van der Waals surface area contributed by atoms with Crippen molar-refractivity contribution in [3.63, 3.8) is 0 Å². The quantitative estimate of drug-likeness (QED) is 0.549. The Kier molecular flexibility index (Phi) is 8.14. The molecule has 14 heavy (non-hydrogen) atoms. The molecule has 1 saturated heterocycles. The number of thioether (sulfide) groups is 1. The fraction of sp³-hybridized carbons (Fsp3) is 1.00. The van der Waals surface area contributed by atoms with Crippen molar-refractivity contribution in [3.05, 3.63) is 0 Å². The molecule has 7 heteroatoms. The van der Waals surface area contributed by atoms with Gasteiger partial charge in [0.25, 0.3) is 0 Å². The van der Waals surface area contributed by atoms with Crippen LogP contribution in [0, 0.1) is 0 Å². The molecule has 80 valence electrons. The molecule has 0 aromatic carbocycles. The van der Waals surface area contributed by atoms with Crippen LogP contribution in [0.2, 0.25) is 0 Å². The van der Waals surface area contributed by atoms with Crippen molar-refractivity contribution in [1.29, 1.82) is 0 Å². The normalized spacial score (nSPS) is 24.5. The summed E-state index contributed by atoms with van der Waals surface area (Å²) in [4.78, 5) is 0. The van der Waals surface area contributed by atoms with Gasteiger partial charge in [-0.05, 0) is 30.8 Å². The van der Waals surface area contributed by atoms with E-state index in [0.29, 0.717) is 0 Å². The number of rotatable bonds is 2. The van der Waals surface area contributed by atoms with Crippen molar-refractivity contribution in [2.75, 3.05) is 11.5 Å². The second-order valence-electron chi connectivity index (χ2n) is 3.19. The van der Waals surface area contributed by atoms with Gasteiger partial charge in [0.1, 0.15) is 0 Å². The van der Waals surface area contributed by atoms with Gasteiger partial charge in [-0.2, -0.15) is 24.9 Å². The van der Waals surface area contributed by atoms with Gasteiger partial charge in [0.05, 0.1) is 0 Å². The Balaban J connectivity index is 0.00000169. The van der Waals surface area contributed by atoms with Crippen molar-refractivity contribution in [2.45, 2.75) is 31.7 Å². The Bertz CT molecular complexity index is 237. The van der Waals surface area contributed by atoms with Crippen molar-refractivity contribution >= 4 is 51.6 Å².